The summed E-state index contributed by atoms with van der Waals surface area (Å²) < 4.78 is 70.3. The number of sulfonamides is 1. The van der Waals surface area contributed by atoms with Gasteiger partial charge in [0.05, 0.1) is 10.6 Å². The maximum absolute atomic E-state index is 13.1. The van der Waals surface area contributed by atoms with Crippen molar-refractivity contribution in [2.24, 2.45) is 0 Å². The molecule has 2 heterocycles. The van der Waals surface area contributed by atoms with Gasteiger partial charge in [0.1, 0.15) is 11.4 Å². The molecule has 1 aromatic carbocycles. The first-order valence-electron chi connectivity index (χ1n) is 9.83. The van der Waals surface area contributed by atoms with E-state index in [2.05, 4.69) is 10.3 Å². The third-order valence-corrected chi connectivity index (χ3v) is 6.88. The minimum atomic E-state index is -4.62. The number of benzene rings is 1. The van der Waals surface area contributed by atoms with Crippen molar-refractivity contribution in [3.63, 3.8) is 0 Å². The third-order valence-electron chi connectivity index (χ3n) is 4.75. The fourth-order valence-electron chi connectivity index (χ4n) is 3.20. The molecule has 0 atom stereocenters. The lowest BCUT2D eigenvalue weighted by Gasteiger charge is -2.21. The quantitative estimate of drug-likeness (QED) is 0.643. The number of hydrogen-bond acceptors (Lipinski definition) is 5. The molecular weight excluding hydrogens is 471 g/mol. The molecule has 2 aromatic rings. The average molecular weight is 492 g/mol. The van der Waals surface area contributed by atoms with Gasteiger partial charge >= 0.3 is 6.18 Å². The van der Waals surface area contributed by atoms with E-state index in [0.29, 0.717) is 13.1 Å². The second-order valence-electron chi connectivity index (χ2n) is 7.19. The normalized spacial score (nSPS) is 15.8. The van der Waals surface area contributed by atoms with Crippen LogP contribution in [0.25, 0.3) is 0 Å². The molecule has 0 bridgehead atoms. The first-order chi connectivity index (χ1) is 15.1. The highest BCUT2D eigenvalue weighted by molar-refractivity contribution is 7.89. The van der Waals surface area contributed by atoms with Crippen molar-refractivity contribution < 1.29 is 31.1 Å². The lowest BCUT2D eigenvalue weighted by Crippen LogP contribution is -2.32. The molecule has 32 heavy (non-hydrogen) atoms. The fraction of sp³-hybridized carbons (Fsp3) is 0.400. The smallest absolute Gasteiger partial charge is 0.422 e. The molecule has 1 aliphatic rings. The molecule has 0 spiro atoms. The molecule has 1 saturated heterocycles. The number of carbonyl (C=O) groups is 1. The van der Waals surface area contributed by atoms with E-state index < -0.39 is 28.7 Å². The van der Waals surface area contributed by atoms with Crippen LogP contribution in [0.15, 0.2) is 41.4 Å². The summed E-state index contributed by atoms with van der Waals surface area (Å²) in [5, 5.41) is 2.62. The monoisotopic (exact) mass is 491 g/mol. The maximum Gasteiger partial charge on any atom is 0.422 e. The van der Waals surface area contributed by atoms with E-state index in [-0.39, 0.29) is 27.0 Å². The number of anilines is 1. The van der Waals surface area contributed by atoms with Crippen LogP contribution >= 0.6 is 11.6 Å². The van der Waals surface area contributed by atoms with Crippen LogP contribution in [0, 0.1) is 0 Å². The molecule has 0 saturated carbocycles. The first kappa shape index (κ1) is 24.3. The standard InChI is InChI=1S/C20H21ClF3N3O4S/c21-14-7-8-25-17(11-14)19(28)26-16-12-15(5-6-18(16)31-13-20(22,23)24)32(29,30)27-9-3-1-2-4-10-27/h5-8,11-12H,1-4,9-10,13H2,(H,26,28). The number of halogens is 4. The second-order valence-corrected chi connectivity index (χ2v) is 9.57. The summed E-state index contributed by atoms with van der Waals surface area (Å²) in [7, 11) is -3.91. The Morgan fingerprint density at radius 1 is 1.12 bits per heavy atom. The Balaban J connectivity index is 1.94. The topological polar surface area (TPSA) is 88.6 Å². The zero-order valence-corrected chi connectivity index (χ0v) is 18.4. The molecule has 1 amide bonds. The molecule has 3 rings (SSSR count). The number of aromatic nitrogens is 1. The van der Waals surface area contributed by atoms with Crippen molar-refractivity contribution in [1.29, 1.82) is 0 Å². The van der Waals surface area contributed by atoms with Crippen molar-refractivity contribution in [3.05, 3.63) is 47.2 Å². The first-order valence-corrected chi connectivity index (χ1v) is 11.6. The molecule has 1 N–H and O–H groups in total. The highest BCUT2D eigenvalue weighted by Crippen LogP contribution is 2.32. The number of alkyl halides is 3. The van der Waals surface area contributed by atoms with Crippen molar-refractivity contribution >= 4 is 33.2 Å². The Labute approximate surface area is 188 Å². The number of rotatable bonds is 6. The van der Waals surface area contributed by atoms with Gasteiger partial charge in [-0.25, -0.2) is 8.42 Å². The van der Waals surface area contributed by atoms with E-state index in [4.69, 9.17) is 16.3 Å². The molecule has 0 unspecified atom stereocenters. The van der Waals surface area contributed by atoms with Crippen LogP contribution in [0.2, 0.25) is 5.02 Å². The average Bonchev–Trinajstić information content (AvgIpc) is 3.02. The number of carbonyl (C=O) groups excluding carboxylic acids is 1. The summed E-state index contributed by atoms with van der Waals surface area (Å²) in [5.41, 5.74) is -0.322. The van der Waals surface area contributed by atoms with Gasteiger partial charge in [-0.3, -0.25) is 9.78 Å². The van der Waals surface area contributed by atoms with Gasteiger partial charge in [-0.1, -0.05) is 24.4 Å². The lowest BCUT2D eigenvalue weighted by atomic mass is 10.2. The van der Waals surface area contributed by atoms with Crippen LogP contribution in [0.4, 0.5) is 18.9 Å². The molecule has 0 radical (unpaired) electrons. The minimum absolute atomic E-state index is 0.0972. The summed E-state index contributed by atoms with van der Waals surface area (Å²) in [6.07, 6.45) is -0.0500. The van der Waals surface area contributed by atoms with Gasteiger partial charge in [0.2, 0.25) is 10.0 Å². The zero-order chi connectivity index (χ0) is 23.4. The molecule has 174 valence electrons. The molecule has 1 fully saturated rings. The van der Waals surface area contributed by atoms with E-state index in [9.17, 15) is 26.4 Å². The van der Waals surface area contributed by atoms with E-state index in [1.807, 2.05) is 0 Å². The largest absolute Gasteiger partial charge is 0.482 e. The number of nitrogens with zero attached hydrogens (tertiary/aromatic N) is 2. The Morgan fingerprint density at radius 2 is 1.81 bits per heavy atom. The Hall–Kier alpha value is -2.37. The van der Waals surface area contributed by atoms with Crippen LogP contribution in [0.5, 0.6) is 5.75 Å². The minimum Gasteiger partial charge on any atom is -0.482 e. The highest BCUT2D eigenvalue weighted by atomic mass is 35.5. The van der Waals surface area contributed by atoms with Gasteiger partial charge in [-0.15, -0.1) is 0 Å². The lowest BCUT2D eigenvalue weighted by molar-refractivity contribution is -0.153. The highest BCUT2D eigenvalue weighted by Gasteiger charge is 2.30. The molecular formula is C20H21ClF3N3O4S. The Kier molecular flexibility index (Phi) is 7.63. The van der Waals surface area contributed by atoms with Gasteiger partial charge in [0.25, 0.3) is 5.91 Å². The number of amides is 1. The number of hydrogen-bond donors (Lipinski definition) is 1. The van der Waals surface area contributed by atoms with Crippen molar-refractivity contribution in [2.45, 2.75) is 36.8 Å². The fourth-order valence-corrected chi connectivity index (χ4v) is 4.90. The van der Waals surface area contributed by atoms with Crippen LogP contribution in [0.1, 0.15) is 36.2 Å². The van der Waals surface area contributed by atoms with Crippen molar-refractivity contribution in [1.82, 2.24) is 9.29 Å². The Bertz CT molecular complexity index is 1070. The third kappa shape index (κ3) is 6.33. The van der Waals surface area contributed by atoms with Crippen LogP contribution in [-0.4, -0.2) is 49.5 Å². The van der Waals surface area contributed by atoms with Gasteiger partial charge in [-0.2, -0.15) is 17.5 Å². The summed E-state index contributed by atoms with van der Waals surface area (Å²) in [4.78, 5) is 16.3. The van der Waals surface area contributed by atoms with Gasteiger partial charge in [0, 0.05) is 24.3 Å². The van der Waals surface area contributed by atoms with E-state index in [1.54, 1.807) is 0 Å². The summed E-state index contributed by atoms with van der Waals surface area (Å²) in [6, 6.07) is 6.07. The number of nitrogens with one attached hydrogen (secondary N) is 1. The zero-order valence-electron chi connectivity index (χ0n) is 16.9. The summed E-state index contributed by atoms with van der Waals surface area (Å²) in [5.74, 6) is -1.11. The van der Waals surface area contributed by atoms with Crippen LogP contribution < -0.4 is 10.1 Å². The predicted octanol–water partition coefficient (Wildman–Crippen LogP) is 4.49. The van der Waals surface area contributed by atoms with Gasteiger partial charge in [0.15, 0.2) is 6.61 Å². The van der Waals surface area contributed by atoms with Crippen molar-refractivity contribution in [3.8, 4) is 5.75 Å². The second kappa shape index (κ2) is 10.1. The van der Waals surface area contributed by atoms with Gasteiger partial charge in [-0.05, 0) is 43.2 Å². The summed E-state index contributed by atoms with van der Waals surface area (Å²) in [6.45, 7) is -0.908. The van der Waals surface area contributed by atoms with E-state index in [0.717, 1.165) is 37.8 Å². The Morgan fingerprint density at radius 3 is 2.44 bits per heavy atom. The van der Waals surface area contributed by atoms with Crippen LogP contribution in [0.3, 0.4) is 0 Å². The maximum atomic E-state index is 13.1. The molecule has 1 aromatic heterocycles. The molecule has 12 heteroatoms. The van der Waals surface area contributed by atoms with E-state index >= 15 is 0 Å². The SMILES string of the molecule is O=C(Nc1cc(S(=O)(=O)N2CCCCCC2)ccc1OCC(F)(F)F)c1cc(Cl)ccn1. The molecule has 0 aliphatic carbocycles. The summed E-state index contributed by atoms with van der Waals surface area (Å²) >= 11 is 5.85. The molecule has 7 nitrogen and oxygen atoms in total. The van der Waals surface area contributed by atoms with Gasteiger partial charge < -0.3 is 10.1 Å². The van der Waals surface area contributed by atoms with E-state index in [1.165, 1.54) is 28.7 Å². The predicted molar refractivity (Wildman–Crippen MR) is 112 cm³/mol. The number of ether oxygens (including phenoxy) is 1. The molecule has 1 aliphatic heterocycles. The van der Waals surface area contributed by atoms with Crippen LogP contribution in [-0.2, 0) is 10.0 Å². The number of pyridine rings is 1. The van der Waals surface area contributed by atoms with Crippen molar-refractivity contribution in [2.75, 3.05) is 25.0 Å².